The van der Waals surface area contributed by atoms with Crippen LogP contribution in [-0.2, 0) is 4.79 Å². The molecule has 0 aromatic carbocycles. The first-order valence-corrected chi connectivity index (χ1v) is 3.70. The van der Waals surface area contributed by atoms with Gasteiger partial charge in [0.25, 0.3) is 0 Å². The third-order valence-electron chi connectivity index (χ3n) is 2.35. The number of aliphatic hydroxyl groups excluding tert-OH is 2. The van der Waals surface area contributed by atoms with Crippen LogP contribution in [0.5, 0.6) is 0 Å². The first kappa shape index (κ1) is 6.54. The monoisotopic (exact) mass is 176 g/mol. The van der Waals surface area contributed by atoms with Crippen molar-refractivity contribution < 1.29 is 19.4 Å². The third-order valence-corrected chi connectivity index (χ3v) is 2.35. The van der Waals surface area contributed by atoms with E-state index in [-0.39, 0.29) is 28.4 Å². The number of ketones is 1. The van der Waals surface area contributed by atoms with Gasteiger partial charge in [0, 0.05) is 11.1 Å². The number of aliphatic hydroxyl groups is 2. The highest BCUT2D eigenvalue weighted by molar-refractivity contribution is 6.51. The van der Waals surface area contributed by atoms with Crippen molar-refractivity contribution in [3.63, 3.8) is 0 Å². The normalized spacial score (nSPS) is 18.9. The summed E-state index contributed by atoms with van der Waals surface area (Å²) in [7, 11) is 0. The van der Waals surface area contributed by atoms with Crippen LogP contribution >= 0.6 is 0 Å². The number of hydrogen-bond acceptors (Lipinski definition) is 4. The van der Waals surface area contributed by atoms with E-state index in [4.69, 9.17) is 4.42 Å². The third kappa shape index (κ3) is 0.498. The minimum atomic E-state index is -0.339. The molecule has 4 heteroatoms. The number of allylic oxidation sites excluding steroid dienone is 2. The molecule has 0 atom stereocenters. The Morgan fingerprint density at radius 3 is 1.92 bits per heavy atom. The largest absolute Gasteiger partial charge is 0.504 e. The van der Waals surface area contributed by atoms with Gasteiger partial charge in [-0.2, -0.15) is 0 Å². The van der Waals surface area contributed by atoms with E-state index in [2.05, 4.69) is 0 Å². The molecule has 0 saturated carbocycles. The van der Waals surface area contributed by atoms with Gasteiger partial charge in [0.1, 0.15) is 0 Å². The summed E-state index contributed by atoms with van der Waals surface area (Å²) in [5.41, 5.74) is 1.43. The van der Waals surface area contributed by atoms with Gasteiger partial charge in [-0.1, -0.05) is 0 Å². The second kappa shape index (κ2) is 1.69. The smallest absolute Gasteiger partial charge is 0.202 e. The molecule has 0 radical (unpaired) electrons. The fourth-order valence-corrected chi connectivity index (χ4v) is 1.76. The molecule has 1 heterocycles. The highest BCUT2D eigenvalue weighted by atomic mass is 16.3. The highest BCUT2D eigenvalue weighted by Gasteiger charge is 2.43. The standard InChI is InChI=1S/C9H4O4/c10-7-5-3-1-13-2-4(3)6(7)9(12)8(5)11/h1-2,11-12H. The molecule has 2 bridgehead atoms. The molecule has 0 unspecified atom stereocenters. The van der Waals surface area contributed by atoms with E-state index < -0.39 is 0 Å². The average molecular weight is 176 g/mol. The van der Waals surface area contributed by atoms with Gasteiger partial charge in [-0.25, -0.2) is 0 Å². The minimum Gasteiger partial charge on any atom is -0.504 e. The molecular formula is C9H4O4. The van der Waals surface area contributed by atoms with E-state index in [0.717, 1.165) is 0 Å². The summed E-state index contributed by atoms with van der Waals surface area (Å²) in [5.74, 6) is -1.00. The molecule has 64 valence electrons. The molecule has 1 aromatic rings. The molecule has 13 heavy (non-hydrogen) atoms. The molecule has 3 rings (SSSR count). The van der Waals surface area contributed by atoms with Crippen LogP contribution in [0.15, 0.2) is 28.5 Å². The van der Waals surface area contributed by atoms with E-state index in [1.807, 2.05) is 0 Å². The summed E-state index contributed by atoms with van der Waals surface area (Å²) in [6.07, 6.45) is 2.77. The van der Waals surface area contributed by atoms with Crippen LogP contribution in [0.3, 0.4) is 0 Å². The fourth-order valence-electron chi connectivity index (χ4n) is 1.76. The molecular weight excluding hydrogens is 172 g/mol. The lowest BCUT2D eigenvalue weighted by atomic mass is 10.1. The van der Waals surface area contributed by atoms with Crippen LogP contribution in [0.2, 0.25) is 0 Å². The molecule has 2 aliphatic carbocycles. The quantitative estimate of drug-likeness (QED) is 0.627. The molecule has 0 amide bonds. The van der Waals surface area contributed by atoms with Gasteiger partial charge in [0.05, 0.1) is 23.7 Å². The predicted molar refractivity (Wildman–Crippen MR) is 42.8 cm³/mol. The second-order valence-electron chi connectivity index (χ2n) is 2.98. The Labute approximate surface area is 72.4 Å². The zero-order chi connectivity index (χ0) is 9.16. The first-order chi connectivity index (χ1) is 6.22. The van der Waals surface area contributed by atoms with Crippen molar-refractivity contribution >= 4 is 16.9 Å². The van der Waals surface area contributed by atoms with E-state index >= 15 is 0 Å². The number of Topliss-reactive ketones (excluding diaryl/α,β-unsaturated/α-hetero) is 1. The van der Waals surface area contributed by atoms with E-state index in [1.54, 1.807) is 0 Å². The molecule has 2 N–H and O–H groups in total. The number of rotatable bonds is 0. The van der Waals surface area contributed by atoms with Crippen LogP contribution in [-0.4, -0.2) is 16.0 Å². The predicted octanol–water partition coefficient (Wildman–Crippen LogP) is 1.41. The van der Waals surface area contributed by atoms with Crippen LogP contribution in [0, 0.1) is 0 Å². The van der Waals surface area contributed by atoms with Gasteiger partial charge < -0.3 is 14.6 Å². The molecule has 2 aliphatic rings. The van der Waals surface area contributed by atoms with E-state index in [1.165, 1.54) is 12.5 Å². The Bertz CT molecular complexity index is 459. The van der Waals surface area contributed by atoms with Crippen LogP contribution < -0.4 is 0 Å². The zero-order valence-electron chi connectivity index (χ0n) is 6.37. The van der Waals surface area contributed by atoms with Gasteiger partial charge in [0.2, 0.25) is 5.78 Å². The van der Waals surface area contributed by atoms with Crippen molar-refractivity contribution in [1.29, 1.82) is 0 Å². The lowest BCUT2D eigenvalue weighted by Crippen LogP contribution is -1.92. The minimum absolute atomic E-state index is 0.149. The van der Waals surface area contributed by atoms with Crippen LogP contribution in [0.1, 0.15) is 11.1 Å². The van der Waals surface area contributed by atoms with Crippen molar-refractivity contribution in [1.82, 2.24) is 0 Å². The molecule has 0 fully saturated rings. The number of fused-ring (bicyclic) bond motifs is 5. The SMILES string of the molecule is O=C1C2=C(O)C(O)=C1c1cocc12. The number of carbonyl (C=O) groups excluding carboxylic acids is 1. The lowest BCUT2D eigenvalue weighted by Gasteiger charge is -2.00. The van der Waals surface area contributed by atoms with Crippen molar-refractivity contribution in [2.24, 2.45) is 0 Å². The Morgan fingerprint density at radius 1 is 1.00 bits per heavy atom. The zero-order valence-corrected chi connectivity index (χ0v) is 6.37. The van der Waals surface area contributed by atoms with Crippen molar-refractivity contribution in [3.8, 4) is 0 Å². The summed E-state index contributed by atoms with van der Waals surface area (Å²) in [4.78, 5) is 11.4. The molecule has 0 aliphatic heterocycles. The van der Waals surface area contributed by atoms with Crippen LogP contribution in [0.25, 0.3) is 11.1 Å². The van der Waals surface area contributed by atoms with Gasteiger partial charge in [0.15, 0.2) is 11.5 Å². The molecule has 0 spiro atoms. The summed E-state index contributed by atoms with van der Waals surface area (Å²) in [6.45, 7) is 0. The maximum absolute atomic E-state index is 11.4. The van der Waals surface area contributed by atoms with Crippen molar-refractivity contribution in [2.75, 3.05) is 0 Å². The molecule has 4 nitrogen and oxygen atoms in total. The van der Waals surface area contributed by atoms with Crippen molar-refractivity contribution in [2.45, 2.75) is 0 Å². The second-order valence-corrected chi connectivity index (χ2v) is 2.98. The number of carbonyl (C=O) groups is 1. The summed E-state index contributed by atoms with van der Waals surface area (Å²) in [5, 5.41) is 18.7. The Balaban J connectivity index is 2.49. The van der Waals surface area contributed by atoms with Crippen molar-refractivity contribution in [3.05, 3.63) is 35.2 Å². The summed E-state index contributed by atoms with van der Waals surface area (Å²) >= 11 is 0. The van der Waals surface area contributed by atoms with E-state index in [9.17, 15) is 15.0 Å². The number of furan rings is 1. The first-order valence-electron chi connectivity index (χ1n) is 3.70. The fraction of sp³-hybridized carbons (Fsp3) is 0. The highest BCUT2D eigenvalue weighted by Crippen LogP contribution is 2.47. The Kier molecular flexibility index (Phi) is 0.847. The Morgan fingerprint density at radius 2 is 1.46 bits per heavy atom. The lowest BCUT2D eigenvalue weighted by molar-refractivity contribution is -0.108. The van der Waals surface area contributed by atoms with Gasteiger partial charge in [-0.15, -0.1) is 0 Å². The maximum Gasteiger partial charge on any atom is 0.202 e. The number of hydrogen-bond donors (Lipinski definition) is 2. The molecule has 0 saturated heterocycles. The average Bonchev–Trinajstić information content (AvgIpc) is 2.66. The van der Waals surface area contributed by atoms with E-state index in [0.29, 0.717) is 11.1 Å². The summed E-state index contributed by atoms with van der Waals surface area (Å²) < 4.78 is 4.87. The van der Waals surface area contributed by atoms with Gasteiger partial charge >= 0.3 is 0 Å². The Hall–Kier alpha value is -1.97. The van der Waals surface area contributed by atoms with Crippen LogP contribution in [0.4, 0.5) is 0 Å². The maximum atomic E-state index is 11.4. The van der Waals surface area contributed by atoms with Gasteiger partial charge in [-0.05, 0) is 0 Å². The summed E-state index contributed by atoms with van der Waals surface area (Å²) in [6, 6.07) is 0. The topological polar surface area (TPSA) is 70.7 Å². The molecule has 1 aromatic heterocycles. The van der Waals surface area contributed by atoms with Gasteiger partial charge in [-0.3, -0.25) is 4.79 Å².